The minimum atomic E-state index is -0.160. The Hall–Kier alpha value is -3.58. The highest BCUT2D eigenvalue weighted by atomic mass is 32.1. The van der Waals surface area contributed by atoms with E-state index in [0.717, 1.165) is 22.7 Å². The number of aromatic nitrogens is 3. The van der Waals surface area contributed by atoms with E-state index in [0.29, 0.717) is 17.1 Å². The molecule has 0 spiro atoms. The first-order valence-corrected chi connectivity index (χ1v) is 10.9. The van der Waals surface area contributed by atoms with Crippen molar-refractivity contribution in [1.29, 1.82) is 0 Å². The Morgan fingerprint density at radius 1 is 1.06 bits per heavy atom. The van der Waals surface area contributed by atoms with Crippen molar-refractivity contribution >= 4 is 28.7 Å². The average molecular weight is 431 g/mol. The van der Waals surface area contributed by atoms with Gasteiger partial charge in [-0.3, -0.25) is 9.59 Å². The second-order valence-electron chi connectivity index (χ2n) is 7.19. The number of thiazole rings is 1. The summed E-state index contributed by atoms with van der Waals surface area (Å²) in [5.41, 5.74) is 4.23. The fourth-order valence-electron chi connectivity index (χ4n) is 3.19. The van der Waals surface area contributed by atoms with Crippen LogP contribution in [0.5, 0.6) is 0 Å². The molecule has 0 radical (unpaired) electrons. The fourth-order valence-corrected chi connectivity index (χ4v) is 4.02. The van der Waals surface area contributed by atoms with Gasteiger partial charge in [0.05, 0.1) is 12.1 Å². The lowest BCUT2D eigenvalue weighted by Crippen LogP contribution is -2.15. The van der Waals surface area contributed by atoms with Crippen molar-refractivity contribution in [2.45, 2.75) is 19.8 Å². The van der Waals surface area contributed by atoms with Crippen LogP contribution in [0.15, 0.2) is 66.3 Å². The first-order chi connectivity index (χ1) is 15.0. The van der Waals surface area contributed by atoms with E-state index < -0.39 is 0 Å². The lowest BCUT2D eigenvalue weighted by atomic mass is 10.1. The van der Waals surface area contributed by atoms with Gasteiger partial charge in [-0.2, -0.15) is 0 Å². The number of amides is 1. The molecule has 31 heavy (non-hydrogen) atoms. The molecule has 0 saturated heterocycles. The number of rotatable bonds is 7. The molecule has 0 aliphatic carbocycles. The second kappa shape index (κ2) is 9.06. The van der Waals surface area contributed by atoms with E-state index in [2.05, 4.69) is 46.5 Å². The van der Waals surface area contributed by atoms with Crippen LogP contribution in [0.2, 0.25) is 0 Å². The SMILES string of the molecule is CCc1ccc(-c2nc(CC(=O)Nc3ccc(C(=O)c4nccn4C)cc3)cs2)cc1. The van der Waals surface area contributed by atoms with Gasteiger partial charge >= 0.3 is 0 Å². The molecule has 7 heteroatoms. The average Bonchev–Trinajstić information content (AvgIpc) is 3.43. The molecule has 6 nitrogen and oxygen atoms in total. The monoisotopic (exact) mass is 430 g/mol. The molecule has 4 rings (SSSR count). The van der Waals surface area contributed by atoms with Crippen LogP contribution < -0.4 is 5.32 Å². The maximum atomic E-state index is 12.5. The van der Waals surface area contributed by atoms with Gasteiger partial charge in [-0.25, -0.2) is 9.97 Å². The first kappa shape index (κ1) is 20.7. The molecule has 1 N–H and O–H groups in total. The van der Waals surface area contributed by atoms with E-state index in [-0.39, 0.29) is 18.1 Å². The number of imidazole rings is 1. The van der Waals surface area contributed by atoms with Crippen LogP contribution in [0, 0.1) is 0 Å². The van der Waals surface area contributed by atoms with Crippen LogP contribution in [0.4, 0.5) is 5.69 Å². The van der Waals surface area contributed by atoms with Crippen molar-refractivity contribution in [1.82, 2.24) is 14.5 Å². The quantitative estimate of drug-likeness (QED) is 0.438. The summed E-state index contributed by atoms with van der Waals surface area (Å²) in [5.74, 6) is 0.0640. The number of hydrogen-bond donors (Lipinski definition) is 1. The van der Waals surface area contributed by atoms with E-state index in [1.807, 2.05) is 5.38 Å². The zero-order valence-electron chi connectivity index (χ0n) is 17.3. The molecule has 1 amide bonds. The number of benzene rings is 2. The maximum absolute atomic E-state index is 12.5. The standard InChI is InChI=1S/C24H22N4O2S/c1-3-16-4-6-18(7-5-16)24-27-20(15-31-24)14-21(29)26-19-10-8-17(9-11-19)22(30)23-25-12-13-28(23)2/h4-13,15H,3,14H2,1-2H3,(H,26,29). The van der Waals surface area contributed by atoms with E-state index in [4.69, 9.17) is 0 Å². The van der Waals surface area contributed by atoms with Crippen LogP contribution in [0.1, 0.15) is 34.4 Å². The zero-order valence-corrected chi connectivity index (χ0v) is 18.1. The zero-order chi connectivity index (χ0) is 21.8. The Morgan fingerprint density at radius 3 is 2.45 bits per heavy atom. The minimum absolute atomic E-state index is 0.152. The Bertz CT molecular complexity index is 1210. The van der Waals surface area contributed by atoms with Crippen LogP contribution >= 0.6 is 11.3 Å². The number of carbonyl (C=O) groups is 2. The van der Waals surface area contributed by atoms with Crippen LogP contribution in [-0.4, -0.2) is 26.2 Å². The van der Waals surface area contributed by atoms with Crippen molar-refractivity contribution in [3.8, 4) is 10.6 Å². The molecule has 156 valence electrons. The number of anilines is 1. The molecule has 2 aromatic heterocycles. The van der Waals surface area contributed by atoms with Gasteiger partial charge < -0.3 is 9.88 Å². The molecule has 0 aliphatic rings. The normalized spacial score (nSPS) is 10.8. The molecule has 0 saturated carbocycles. The van der Waals surface area contributed by atoms with E-state index >= 15 is 0 Å². The van der Waals surface area contributed by atoms with Crippen molar-refractivity contribution in [2.75, 3.05) is 5.32 Å². The molecule has 0 aliphatic heterocycles. The van der Waals surface area contributed by atoms with Crippen LogP contribution in [0.25, 0.3) is 10.6 Å². The van der Waals surface area contributed by atoms with Crippen molar-refractivity contribution in [2.24, 2.45) is 7.05 Å². The molecule has 2 heterocycles. The lowest BCUT2D eigenvalue weighted by molar-refractivity contribution is -0.115. The number of hydrogen-bond acceptors (Lipinski definition) is 5. The summed E-state index contributed by atoms with van der Waals surface area (Å²) in [5, 5.41) is 5.68. The van der Waals surface area contributed by atoms with Crippen molar-refractivity contribution in [3.05, 3.63) is 88.9 Å². The van der Waals surface area contributed by atoms with E-state index in [9.17, 15) is 9.59 Å². The molecule has 0 unspecified atom stereocenters. The fraction of sp³-hybridized carbons (Fsp3) is 0.167. The molecular formula is C24H22N4O2S. The molecular weight excluding hydrogens is 408 g/mol. The van der Waals surface area contributed by atoms with Gasteiger partial charge in [0.1, 0.15) is 5.01 Å². The summed E-state index contributed by atoms with van der Waals surface area (Å²) in [7, 11) is 1.78. The summed E-state index contributed by atoms with van der Waals surface area (Å²) in [6, 6.07) is 15.1. The number of aryl methyl sites for hydroxylation is 2. The van der Waals surface area contributed by atoms with Gasteiger partial charge in [-0.1, -0.05) is 31.2 Å². The summed E-state index contributed by atoms with van der Waals surface area (Å²) < 4.78 is 1.68. The highest BCUT2D eigenvalue weighted by Gasteiger charge is 2.14. The van der Waals surface area contributed by atoms with Gasteiger partial charge in [0.25, 0.3) is 0 Å². The van der Waals surface area contributed by atoms with Crippen LogP contribution in [-0.2, 0) is 24.7 Å². The predicted octanol–water partition coefficient (Wildman–Crippen LogP) is 4.52. The van der Waals surface area contributed by atoms with Gasteiger partial charge in [-0.15, -0.1) is 11.3 Å². The molecule has 4 aromatic rings. The molecule has 2 aromatic carbocycles. The summed E-state index contributed by atoms with van der Waals surface area (Å²) in [6.45, 7) is 2.13. The van der Waals surface area contributed by atoms with Gasteiger partial charge in [0.15, 0.2) is 5.82 Å². The van der Waals surface area contributed by atoms with Gasteiger partial charge in [0, 0.05) is 41.6 Å². The van der Waals surface area contributed by atoms with E-state index in [1.54, 1.807) is 48.3 Å². The number of ketones is 1. The van der Waals surface area contributed by atoms with Crippen molar-refractivity contribution in [3.63, 3.8) is 0 Å². The third-order valence-electron chi connectivity index (χ3n) is 4.96. The second-order valence-corrected chi connectivity index (χ2v) is 8.05. The largest absolute Gasteiger partial charge is 0.331 e. The van der Waals surface area contributed by atoms with Gasteiger partial charge in [-0.05, 0) is 36.2 Å². The predicted molar refractivity (Wildman–Crippen MR) is 122 cm³/mol. The Balaban J connectivity index is 1.37. The summed E-state index contributed by atoms with van der Waals surface area (Å²) in [6.07, 6.45) is 4.51. The minimum Gasteiger partial charge on any atom is -0.331 e. The maximum Gasteiger partial charge on any atom is 0.230 e. The lowest BCUT2D eigenvalue weighted by Gasteiger charge is -2.06. The summed E-state index contributed by atoms with van der Waals surface area (Å²) >= 11 is 1.53. The molecule has 0 atom stereocenters. The highest BCUT2D eigenvalue weighted by Crippen LogP contribution is 2.24. The Labute approximate surface area is 184 Å². The number of nitrogens with one attached hydrogen (secondary N) is 1. The molecule has 0 fully saturated rings. The van der Waals surface area contributed by atoms with E-state index in [1.165, 1.54) is 16.9 Å². The van der Waals surface area contributed by atoms with Crippen molar-refractivity contribution < 1.29 is 9.59 Å². The number of nitrogens with zero attached hydrogens (tertiary/aromatic N) is 3. The first-order valence-electron chi connectivity index (χ1n) is 9.99. The highest BCUT2D eigenvalue weighted by molar-refractivity contribution is 7.13. The Kier molecular flexibility index (Phi) is 6.04. The molecule has 0 bridgehead atoms. The van der Waals surface area contributed by atoms with Gasteiger partial charge in [0.2, 0.25) is 11.7 Å². The topological polar surface area (TPSA) is 76.9 Å². The summed E-state index contributed by atoms with van der Waals surface area (Å²) in [4.78, 5) is 33.6. The van der Waals surface area contributed by atoms with Crippen LogP contribution in [0.3, 0.4) is 0 Å². The Morgan fingerprint density at radius 2 is 1.81 bits per heavy atom. The smallest absolute Gasteiger partial charge is 0.230 e. The third-order valence-corrected chi connectivity index (χ3v) is 5.90. The third kappa shape index (κ3) is 4.78. The number of carbonyl (C=O) groups excluding carboxylic acids is 2.